The van der Waals surface area contributed by atoms with Crippen LogP contribution in [0.1, 0.15) is 56.0 Å². The monoisotopic (exact) mass is 361 g/mol. The van der Waals surface area contributed by atoms with Gasteiger partial charge in [-0.3, -0.25) is 19.3 Å². The van der Waals surface area contributed by atoms with E-state index in [0.717, 1.165) is 34.8 Å². The summed E-state index contributed by atoms with van der Waals surface area (Å²) in [6.07, 6.45) is 5.52. The fourth-order valence-electron chi connectivity index (χ4n) is 3.70. The first kappa shape index (κ1) is 16.7. The Kier molecular flexibility index (Phi) is 3.92. The van der Waals surface area contributed by atoms with Crippen LogP contribution in [-0.4, -0.2) is 36.8 Å². The summed E-state index contributed by atoms with van der Waals surface area (Å²) in [5.74, 6) is 0.762. The lowest BCUT2D eigenvalue weighted by atomic mass is 9.94. The highest BCUT2D eigenvalue weighted by Gasteiger charge is 2.36. The van der Waals surface area contributed by atoms with E-state index >= 15 is 0 Å². The van der Waals surface area contributed by atoms with Crippen molar-refractivity contribution in [1.82, 2.24) is 19.6 Å². The van der Waals surface area contributed by atoms with Crippen molar-refractivity contribution in [2.45, 2.75) is 50.5 Å². The van der Waals surface area contributed by atoms with Crippen molar-refractivity contribution in [3.05, 3.63) is 33.9 Å². The average Bonchev–Trinajstić information content (AvgIpc) is 3.10. The van der Waals surface area contributed by atoms with Crippen LogP contribution in [0, 0.1) is 0 Å². The first-order valence-corrected chi connectivity index (χ1v) is 9.41. The number of nitrogens with zero attached hydrogens (tertiary/aromatic N) is 4. The molecule has 4 rings (SSSR count). The molecule has 0 radical (unpaired) electrons. The van der Waals surface area contributed by atoms with Crippen LogP contribution in [0.5, 0.6) is 0 Å². The highest BCUT2D eigenvalue weighted by Crippen LogP contribution is 2.45. The Morgan fingerprint density at radius 3 is 2.92 bits per heavy atom. The predicted molar refractivity (Wildman–Crippen MR) is 98.8 cm³/mol. The number of ether oxygens (including phenoxy) is 1. The van der Waals surface area contributed by atoms with Gasteiger partial charge in [-0.05, 0) is 33.6 Å². The highest BCUT2D eigenvalue weighted by atomic mass is 32.2. The summed E-state index contributed by atoms with van der Waals surface area (Å²) in [6.45, 7) is 6.87. The number of hydrogen-bond donors (Lipinski definition) is 1. The summed E-state index contributed by atoms with van der Waals surface area (Å²) in [5.41, 5.74) is 1.50. The van der Waals surface area contributed by atoms with E-state index < -0.39 is 0 Å². The SMILES string of the molecule is CC1=Nc2c(c(=O)[nH]n2[C@@H]2CCOC(C)(C)C2)[C@H](c2cnn(C)c2)S1. The number of aromatic amines is 1. The Morgan fingerprint density at radius 2 is 2.24 bits per heavy atom. The highest BCUT2D eigenvalue weighted by molar-refractivity contribution is 8.14. The number of H-pyrrole nitrogens is 1. The summed E-state index contributed by atoms with van der Waals surface area (Å²) >= 11 is 1.61. The second kappa shape index (κ2) is 5.88. The maximum absolute atomic E-state index is 12.8. The van der Waals surface area contributed by atoms with E-state index in [0.29, 0.717) is 6.61 Å². The first-order valence-electron chi connectivity index (χ1n) is 8.53. The summed E-state index contributed by atoms with van der Waals surface area (Å²) in [5, 5.41) is 8.20. The molecule has 134 valence electrons. The van der Waals surface area contributed by atoms with Crippen LogP contribution in [-0.2, 0) is 11.8 Å². The van der Waals surface area contributed by atoms with E-state index in [1.807, 2.05) is 31.0 Å². The molecular formula is C17H23N5O2S. The standard InChI is InChI=1S/C17H23N5O2S/c1-10-19-15-13(14(25-10)11-8-18-21(4)9-11)16(23)20-22(15)12-5-6-24-17(2,3)7-12/h8-9,12,14H,5-7H2,1-4H3,(H,20,23)/t12-,14+/m1/s1. The molecule has 2 aromatic heterocycles. The minimum atomic E-state index is -0.193. The number of rotatable bonds is 2. The van der Waals surface area contributed by atoms with Crippen molar-refractivity contribution in [3.8, 4) is 0 Å². The molecule has 2 aliphatic heterocycles. The molecule has 0 saturated carbocycles. The Hall–Kier alpha value is -1.80. The summed E-state index contributed by atoms with van der Waals surface area (Å²) in [4.78, 5) is 17.5. The van der Waals surface area contributed by atoms with Crippen LogP contribution in [0.4, 0.5) is 5.82 Å². The van der Waals surface area contributed by atoms with Gasteiger partial charge in [-0.15, -0.1) is 0 Å². The van der Waals surface area contributed by atoms with E-state index in [9.17, 15) is 4.79 Å². The van der Waals surface area contributed by atoms with Gasteiger partial charge in [-0.25, -0.2) is 4.99 Å². The molecule has 1 fully saturated rings. The molecule has 2 aliphatic rings. The molecule has 4 heterocycles. The van der Waals surface area contributed by atoms with E-state index in [1.54, 1.807) is 16.4 Å². The quantitative estimate of drug-likeness (QED) is 0.892. The molecule has 7 nitrogen and oxygen atoms in total. The maximum Gasteiger partial charge on any atom is 0.271 e. The molecule has 2 aromatic rings. The second-order valence-electron chi connectivity index (χ2n) is 7.38. The fourth-order valence-corrected chi connectivity index (χ4v) is 4.77. The largest absolute Gasteiger partial charge is 0.375 e. The number of aromatic nitrogens is 4. The number of hydrogen-bond acceptors (Lipinski definition) is 5. The molecule has 0 spiro atoms. The molecule has 0 aromatic carbocycles. The first-order chi connectivity index (χ1) is 11.8. The minimum absolute atomic E-state index is 0.0584. The number of nitrogens with one attached hydrogen (secondary N) is 1. The third-order valence-electron chi connectivity index (χ3n) is 4.81. The van der Waals surface area contributed by atoms with Gasteiger partial charge >= 0.3 is 0 Å². The topological polar surface area (TPSA) is 77.2 Å². The van der Waals surface area contributed by atoms with E-state index in [2.05, 4.69) is 24.0 Å². The Morgan fingerprint density at radius 1 is 1.44 bits per heavy atom. The third kappa shape index (κ3) is 2.97. The van der Waals surface area contributed by atoms with Crippen LogP contribution in [0.15, 0.2) is 22.2 Å². The molecular weight excluding hydrogens is 338 g/mol. The van der Waals surface area contributed by atoms with Crippen LogP contribution < -0.4 is 5.56 Å². The lowest BCUT2D eigenvalue weighted by Gasteiger charge is -2.36. The van der Waals surface area contributed by atoms with Gasteiger partial charge in [-0.2, -0.15) is 5.10 Å². The number of thioether (sulfide) groups is 1. The molecule has 2 atom stereocenters. The van der Waals surface area contributed by atoms with Crippen molar-refractivity contribution in [1.29, 1.82) is 0 Å². The van der Waals surface area contributed by atoms with E-state index in [4.69, 9.17) is 9.73 Å². The van der Waals surface area contributed by atoms with Crippen LogP contribution >= 0.6 is 11.8 Å². The van der Waals surface area contributed by atoms with Crippen molar-refractivity contribution in [3.63, 3.8) is 0 Å². The Balaban J connectivity index is 1.80. The number of fused-ring (bicyclic) bond motifs is 1. The Labute approximate surface area is 150 Å². The molecule has 0 unspecified atom stereocenters. The van der Waals surface area contributed by atoms with Gasteiger partial charge in [0.15, 0.2) is 5.82 Å². The van der Waals surface area contributed by atoms with Crippen molar-refractivity contribution in [2.75, 3.05) is 6.61 Å². The van der Waals surface area contributed by atoms with Gasteiger partial charge in [0.1, 0.15) is 0 Å². The van der Waals surface area contributed by atoms with E-state index in [1.165, 1.54) is 0 Å². The number of aryl methyl sites for hydroxylation is 1. The maximum atomic E-state index is 12.8. The number of aliphatic imine (C=N–C) groups is 1. The van der Waals surface area contributed by atoms with Gasteiger partial charge in [0.05, 0.1) is 33.7 Å². The van der Waals surface area contributed by atoms with Gasteiger partial charge in [-0.1, -0.05) is 11.8 Å². The second-order valence-corrected chi connectivity index (χ2v) is 8.68. The van der Waals surface area contributed by atoms with Crippen molar-refractivity contribution >= 4 is 22.6 Å². The summed E-state index contributed by atoms with van der Waals surface area (Å²) in [7, 11) is 1.89. The molecule has 8 heteroatoms. The summed E-state index contributed by atoms with van der Waals surface area (Å²) in [6, 6.07) is 0.189. The van der Waals surface area contributed by atoms with Crippen LogP contribution in [0.3, 0.4) is 0 Å². The lowest BCUT2D eigenvalue weighted by Crippen LogP contribution is -2.35. The zero-order valence-electron chi connectivity index (χ0n) is 14.9. The smallest absolute Gasteiger partial charge is 0.271 e. The van der Waals surface area contributed by atoms with E-state index in [-0.39, 0.29) is 22.5 Å². The van der Waals surface area contributed by atoms with Crippen molar-refractivity contribution in [2.24, 2.45) is 12.0 Å². The fraction of sp³-hybridized carbons (Fsp3) is 0.588. The average molecular weight is 361 g/mol. The third-order valence-corrected chi connectivity index (χ3v) is 5.99. The van der Waals surface area contributed by atoms with Crippen LogP contribution in [0.2, 0.25) is 0 Å². The van der Waals surface area contributed by atoms with Gasteiger partial charge in [0, 0.05) is 25.4 Å². The molecule has 0 aliphatic carbocycles. The zero-order chi connectivity index (χ0) is 17.8. The molecule has 0 amide bonds. The van der Waals surface area contributed by atoms with Gasteiger partial charge in [0.2, 0.25) is 0 Å². The van der Waals surface area contributed by atoms with Crippen molar-refractivity contribution < 1.29 is 4.74 Å². The zero-order valence-corrected chi connectivity index (χ0v) is 15.8. The lowest BCUT2D eigenvalue weighted by molar-refractivity contribution is -0.0705. The normalized spacial score (nSPS) is 25.5. The van der Waals surface area contributed by atoms with Gasteiger partial charge in [0.25, 0.3) is 5.56 Å². The summed E-state index contributed by atoms with van der Waals surface area (Å²) < 4.78 is 9.56. The van der Waals surface area contributed by atoms with Gasteiger partial charge < -0.3 is 4.74 Å². The minimum Gasteiger partial charge on any atom is -0.375 e. The molecule has 0 bridgehead atoms. The van der Waals surface area contributed by atoms with Crippen LogP contribution in [0.25, 0.3) is 0 Å². The predicted octanol–water partition coefficient (Wildman–Crippen LogP) is 2.93. The molecule has 1 N–H and O–H groups in total. The Bertz CT molecular complexity index is 891. The molecule has 1 saturated heterocycles. The molecule has 25 heavy (non-hydrogen) atoms.